The van der Waals surface area contributed by atoms with Crippen LogP contribution in [0.4, 0.5) is 0 Å². The molecule has 1 atom stereocenters. The van der Waals surface area contributed by atoms with Crippen LogP contribution < -0.4 is 5.56 Å². The van der Waals surface area contributed by atoms with Gasteiger partial charge in [0.1, 0.15) is 6.04 Å². The van der Waals surface area contributed by atoms with Gasteiger partial charge < -0.3 is 15.0 Å². The smallest absolute Gasteiger partial charge is 0.326 e. The normalized spacial score (nSPS) is 16.1. The molecule has 136 valence electrons. The number of aliphatic carboxylic acids is 1. The third-order valence-electron chi connectivity index (χ3n) is 5.03. The second-order valence-corrected chi connectivity index (χ2v) is 6.74. The van der Waals surface area contributed by atoms with Crippen LogP contribution in [0.15, 0.2) is 59.4 Å². The summed E-state index contributed by atoms with van der Waals surface area (Å²) >= 11 is 0. The Labute approximate surface area is 155 Å². The lowest BCUT2D eigenvalue weighted by Gasteiger charge is -2.34. The summed E-state index contributed by atoms with van der Waals surface area (Å²) in [5.74, 6) is -1.40. The van der Waals surface area contributed by atoms with Crippen molar-refractivity contribution in [1.29, 1.82) is 0 Å². The molecule has 3 aromatic rings. The molecular weight excluding hydrogens is 344 g/mol. The molecule has 2 N–H and O–H groups in total. The molecule has 1 aliphatic rings. The first-order chi connectivity index (χ1) is 13.0. The molecule has 1 aliphatic heterocycles. The SMILES string of the molecule is O=C(O)[C@@H]1Cc2ccccc2CN1C(=O)Cc1cc2ccccc2[nH]c1=O. The van der Waals surface area contributed by atoms with E-state index >= 15 is 0 Å². The van der Waals surface area contributed by atoms with Gasteiger partial charge in [-0.2, -0.15) is 0 Å². The number of hydrogen-bond acceptors (Lipinski definition) is 3. The van der Waals surface area contributed by atoms with Gasteiger partial charge in [-0.25, -0.2) is 4.79 Å². The average Bonchev–Trinajstić information content (AvgIpc) is 2.67. The molecule has 1 aromatic heterocycles. The monoisotopic (exact) mass is 362 g/mol. The van der Waals surface area contributed by atoms with Gasteiger partial charge in [0, 0.05) is 24.0 Å². The molecule has 0 radical (unpaired) electrons. The lowest BCUT2D eigenvalue weighted by molar-refractivity contribution is -0.151. The summed E-state index contributed by atoms with van der Waals surface area (Å²) in [7, 11) is 0. The fourth-order valence-electron chi connectivity index (χ4n) is 3.59. The van der Waals surface area contributed by atoms with E-state index in [-0.39, 0.29) is 30.9 Å². The van der Waals surface area contributed by atoms with Crippen LogP contribution in [0.25, 0.3) is 10.9 Å². The number of carbonyl (C=O) groups is 2. The highest BCUT2D eigenvalue weighted by Gasteiger charge is 2.34. The van der Waals surface area contributed by atoms with E-state index in [1.54, 1.807) is 12.1 Å². The maximum atomic E-state index is 12.9. The van der Waals surface area contributed by atoms with Crippen molar-refractivity contribution in [3.8, 4) is 0 Å². The lowest BCUT2D eigenvalue weighted by Crippen LogP contribution is -2.49. The Morgan fingerprint density at radius 1 is 1.07 bits per heavy atom. The van der Waals surface area contributed by atoms with Crippen molar-refractivity contribution < 1.29 is 14.7 Å². The maximum Gasteiger partial charge on any atom is 0.326 e. The molecule has 4 rings (SSSR count). The number of aromatic amines is 1. The zero-order valence-electron chi connectivity index (χ0n) is 14.5. The number of H-pyrrole nitrogens is 1. The number of para-hydroxylation sites is 1. The number of benzene rings is 2. The van der Waals surface area contributed by atoms with Gasteiger partial charge in [0.25, 0.3) is 5.56 Å². The van der Waals surface area contributed by atoms with Gasteiger partial charge in [0.15, 0.2) is 0 Å². The minimum atomic E-state index is -1.04. The molecule has 0 fully saturated rings. The lowest BCUT2D eigenvalue weighted by atomic mass is 9.93. The standard InChI is InChI=1S/C21H18N2O4/c24-19(11-16-9-14-6-3-4-8-17(14)22-20(16)25)23-12-15-7-2-1-5-13(15)10-18(23)21(26)27/h1-9,18H,10-12H2,(H,22,25)(H,26,27)/t18-/m0/s1. The molecule has 0 saturated carbocycles. The fraction of sp³-hybridized carbons (Fsp3) is 0.190. The first-order valence-corrected chi connectivity index (χ1v) is 8.73. The van der Waals surface area contributed by atoms with Gasteiger partial charge >= 0.3 is 5.97 Å². The van der Waals surface area contributed by atoms with Crippen LogP contribution in [0.3, 0.4) is 0 Å². The number of hydrogen-bond donors (Lipinski definition) is 2. The van der Waals surface area contributed by atoms with E-state index in [0.29, 0.717) is 11.1 Å². The van der Waals surface area contributed by atoms with Crippen molar-refractivity contribution in [2.75, 3.05) is 0 Å². The van der Waals surface area contributed by atoms with Gasteiger partial charge in [-0.1, -0.05) is 42.5 Å². The van der Waals surface area contributed by atoms with Crippen molar-refractivity contribution in [2.24, 2.45) is 0 Å². The molecule has 27 heavy (non-hydrogen) atoms. The highest BCUT2D eigenvalue weighted by molar-refractivity contribution is 5.87. The maximum absolute atomic E-state index is 12.9. The molecule has 2 aromatic carbocycles. The number of nitrogens with zero attached hydrogens (tertiary/aromatic N) is 1. The molecule has 0 bridgehead atoms. The molecule has 0 aliphatic carbocycles. The summed E-state index contributed by atoms with van der Waals surface area (Å²) in [6.07, 6.45) is 0.136. The summed E-state index contributed by atoms with van der Waals surface area (Å²) in [5.41, 5.74) is 2.59. The summed E-state index contributed by atoms with van der Waals surface area (Å²) in [5, 5.41) is 10.4. The van der Waals surface area contributed by atoms with E-state index in [2.05, 4.69) is 4.98 Å². The predicted octanol–water partition coefficient (Wildman–Crippen LogP) is 2.11. The molecule has 6 nitrogen and oxygen atoms in total. The Morgan fingerprint density at radius 2 is 1.78 bits per heavy atom. The van der Waals surface area contributed by atoms with E-state index in [4.69, 9.17) is 0 Å². The Bertz CT molecular complexity index is 1100. The van der Waals surface area contributed by atoms with Crippen LogP contribution in [-0.4, -0.2) is 32.9 Å². The third kappa shape index (κ3) is 3.21. The average molecular weight is 362 g/mol. The highest BCUT2D eigenvalue weighted by Crippen LogP contribution is 2.24. The minimum Gasteiger partial charge on any atom is -0.480 e. The van der Waals surface area contributed by atoms with Crippen molar-refractivity contribution in [1.82, 2.24) is 9.88 Å². The molecular formula is C21H18N2O4. The number of rotatable bonds is 3. The topological polar surface area (TPSA) is 90.5 Å². The molecule has 6 heteroatoms. The van der Waals surface area contributed by atoms with Gasteiger partial charge in [-0.15, -0.1) is 0 Å². The zero-order valence-corrected chi connectivity index (χ0v) is 14.5. The first kappa shape index (κ1) is 17.0. The van der Waals surface area contributed by atoms with Gasteiger partial charge in [0.2, 0.25) is 5.91 Å². The number of nitrogens with one attached hydrogen (secondary N) is 1. The van der Waals surface area contributed by atoms with Crippen molar-refractivity contribution in [3.05, 3.63) is 81.6 Å². The van der Waals surface area contributed by atoms with Crippen LogP contribution in [0.1, 0.15) is 16.7 Å². The molecule has 0 unspecified atom stereocenters. The Morgan fingerprint density at radius 3 is 2.56 bits per heavy atom. The van der Waals surface area contributed by atoms with Crippen molar-refractivity contribution in [3.63, 3.8) is 0 Å². The second kappa shape index (κ2) is 6.72. The summed E-state index contributed by atoms with van der Waals surface area (Å²) in [4.78, 5) is 41.1. The van der Waals surface area contributed by atoms with Crippen LogP contribution in [0.5, 0.6) is 0 Å². The van der Waals surface area contributed by atoms with Gasteiger partial charge in [-0.3, -0.25) is 9.59 Å². The number of carbonyl (C=O) groups excluding carboxylic acids is 1. The van der Waals surface area contributed by atoms with Crippen LogP contribution in [-0.2, 0) is 29.0 Å². The number of pyridine rings is 1. The predicted molar refractivity (Wildman–Crippen MR) is 100 cm³/mol. The Kier molecular flexibility index (Phi) is 4.24. The molecule has 0 spiro atoms. The van der Waals surface area contributed by atoms with Crippen LogP contribution >= 0.6 is 0 Å². The quantitative estimate of drug-likeness (QED) is 0.747. The van der Waals surface area contributed by atoms with Gasteiger partial charge in [-0.05, 0) is 28.6 Å². The van der Waals surface area contributed by atoms with E-state index in [9.17, 15) is 19.5 Å². The third-order valence-corrected chi connectivity index (χ3v) is 5.03. The minimum absolute atomic E-state index is 0.133. The van der Waals surface area contributed by atoms with Crippen LogP contribution in [0.2, 0.25) is 0 Å². The largest absolute Gasteiger partial charge is 0.480 e. The summed E-state index contributed by atoms with van der Waals surface area (Å²) in [6, 6.07) is 15.6. The summed E-state index contributed by atoms with van der Waals surface area (Å²) in [6.45, 7) is 0.234. The highest BCUT2D eigenvalue weighted by atomic mass is 16.4. The number of carboxylic acids is 1. The van der Waals surface area contributed by atoms with E-state index in [1.807, 2.05) is 42.5 Å². The Balaban J connectivity index is 1.65. The fourth-order valence-corrected chi connectivity index (χ4v) is 3.59. The number of amides is 1. The number of carboxylic acid groups (broad SMARTS) is 1. The van der Waals surface area contributed by atoms with Crippen molar-refractivity contribution >= 4 is 22.8 Å². The first-order valence-electron chi connectivity index (χ1n) is 8.73. The second-order valence-electron chi connectivity index (χ2n) is 6.74. The van der Waals surface area contributed by atoms with E-state index < -0.39 is 12.0 Å². The summed E-state index contributed by atoms with van der Waals surface area (Å²) < 4.78 is 0. The number of aromatic nitrogens is 1. The van der Waals surface area contributed by atoms with Crippen LogP contribution in [0, 0.1) is 0 Å². The van der Waals surface area contributed by atoms with E-state index in [1.165, 1.54) is 4.90 Å². The number of fused-ring (bicyclic) bond motifs is 2. The van der Waals surface area contributed by atoms with E-state index in [0.717, 1.165) is 16.5 Å². The molecule has 0 saturated heterocycles. The molecule has 2 heterocycles. The zero-order chi connectivity index (χ0) is 19.0. The Hall–Kier alpha value is -3.41. The van der Waals surface area contributed by atoms with Crippen molar-refractivity contribution in [2.45, 2.75) is 25.4 Å². The van der Waals surface area contributed by atoms with Gasteiger partial charge in [0.05, 0.1) is 6.42 Å². The molecule has 1 amide bonds.